The van der Waals surface area contributed by atoms with Gasteiger partial charge in [-0.1, -0.05) is 6.07 Å². The fourth-order valence-electron chi connectivity index (χ4n) is 1.49. The second-order valence-corrected chi connectivity index (χ2v) is 4.76. The molecule has 0 aliphatic carbocycles. The van der Waals surface area contributed by atoms with Gasteiger partial charge in [-0.15, -0.1) is 11.3 Å². The van der Waals surface area contributed by atoms with E-state index in [2.05, 4.69) is 18.4 Å². The fourth-order valence-corrected chi connectivity index (χ4v) is 2.33. The normalized spacial score (nSPS) is 14.8. The van der Waals surface area contributed by atoms with Crippen molar-refractivity contribution >= 4 is 17.3 Å². The highest BCUT2D eigenvalue weighted by Gasteiger charge is 2.24. The third kappa shape index (κ3) is 3.06. The van der Waals surface area contributed by atoms with Crippen LogP contribution in [0.1, 0.15) is 31.7 Å². The predicted molar refractivity (Wildman–Crippen MR) is 66.6 cm³/mol. The Kier molecular flexibility index (Phi) is 4.96. The summed E-state index contributed by atoms with van der Waals surface area (Å²) in [6.07, 6.45) is 0. The minimum Gasteiger partial charge on any atom is -0.465 e. The molecule has 0 saturated carbocycles. The quantitative estimate of drug-likeness (QED) is 0.742. The average Bonchev–Trinajstić information content (AvgIpc) is 2.79. The molecule has 3 nitrogen and oxygen atoms in total. The van der Waals surface area contributed by atoms with Crippen molar-refractivity contribution in [3.63, 3.8) is 0 Å². The Hall–Kier alpha value is -0.870. The summed E-state index contributed by atoms with van der Waals surface area (Å²) in [5.41, 5.74) is 0. The van der Waals surface area contributed by atoms with Crippen LogP contribution in [0.5, 0.6) is 0 Å². The lowest BCUT2D eigenvalue weighted by molar-refractivity contribution is -0.149. The lowest BCUT2D eigenvalue weighted by Crippen LogP contribution is -2.38. The van der Waals surface area contributed by atoms with Gasteiger partial charge in [-0.05, 0) is 39.3 Å². The molecule has 4 heteroatoms. The molecular formula is C12H19NO2S. The Bertz CT molecular complexity index is 324. The van der Waals surface area contributed by atoms with Crippen molar-refractivity contribution in [1.82, 2.24) is 4.90 Å². The van der Waals surface area contributed by atoms with E-state index in [1.807, 2.05) is 31.9 Å². The number of ether oxygens (including phenoxy) is 1. The molecule has 0 fully saturated rings. The van der Waals surface area contributed by atoms with Gasteiger partial charge < -0.3 is 4.74 Å². The summed E-state index contributed by atoms with van der Waals surface area (Å²) >= 11 is 1.71. The van der Waals surface area contributed by atoms with Gasteiger partial charge in [0.15, 0.2) is 0 Å². The largest absolute Gasteiger partial charge is 0.465 e. The molecule has 1 aromatic heterocycles. The molecule has 0 saturated heterocycles. The zero-order chi connectivity index (χ0) is 12.1. The lowest BCUT2D eigenvalue weighted by atomic mass is 10.2. The first-order valence-electron chi connectivity index (χ1n) is 5.49. The zero-order valence-corrected chi connectivity index (χ0v) is 11.1. The summed E-state index contributed by atoms with van der Waals surface area (Å²) in [7, 11) is 1.95. The average molecular weight is 241 g/mol. The predicted octanol–water partition coefficient (Wildman–Crippen LogP) is 2.69. The van der Waals surface area contributed by atoms with Crippen LogP contribution in [0.3, 0.4) is 0 Å². The molecule has 16 heavy (non-hydrogen) atoms. The first-order chi connectivity index (χ1) is 7.57. The van der Waals surface area contributed by atoms with Crippen molar-refractivity contribution < 1.29 is 9.53 Å². The van der Waals surface area contributed by atoms with E-state index in [9.17, 15) is 4.79 Å². The second-order valence-electron chi connectivity index (χ2n) is 3.78. The summed E-state index contributed by atoms with van der Waals surface area (Å²) < 4.78 is 5.02. The minimum atomic E-state index is -0.211. The maximum atomic E-state index is 11.6. The highest BCUT2D eigenvalue weighted by molar-refractivity contribution is 7.10. The number of hydrogen-bond acceptors (Lipinski definition) is 4. The van der Waals surface area contributed by atoms with E-state index in [0.717, 1.165) is 0 Å². The Labute approximate surface area is 101 Å². The van der Waals surface area contributed by atoms with Crippen molar-refractivity contribution in [3.05, 3.63) is 22.4 Å². The standard InChI is InChI=1S/C12H19NO2S/c1-5-15-12(14)10(3)13(4)9(2)11-7-6-8-16-11/h6-10H,5H2,1-4H3. The lowest BCUT2D eigenvalue weighted by Gasteiger charge is -2.28. The molecule has 0 aliphatic rings. The van der Waals surface area contributed by atoms with Crippen LogP contribution < -0.4 is 0 Å². The third-order valence-corrected chi connectivity index (χ3v) is 3.85. The minimum absolute atomic E-state index is 0.159. The number of rotatable bonds is 5. The van der Waals surface area contributed by atoms with Crippen molar-refractivity contribution in [2.24, 2.45) is 0 Å². The van der Waals surface area contributed by atoms with Crippen LogP contribution in [-0.2, 0) is 9.53 Å². The molecule has 0 radical (unpaired) electrons. The molecule has 0 spiro atoms. The van der Waals surface area contributed by atoms with Gasteiger partial charge in [-0.25, -0.2) is 0 Å². The Morgan fingerprint density at radius 2 is 2.25 bits per heavy atom. The van der Waals surface area contributed by atoms with Crippen molar-refractivity contribution in [2.45, 2.75) is 32.9 Å². The van der Waals surface area contributed by atoms with Crippen LogP contribution in [0, 0.1) is 0 Å². The number of thiophene rings is 1. The van der Waals surface area contributed by atoms with Crippen LogP contribution in [0.4, 0.5) is 0 Å². The fraction of sp³-hybridized carbons (Fsp3) is 0.583. The van der Waals surface area contributed by atoms with Crippen molar-refractivity contribution in [1.29, 1.82) is 0 Å². The summed E-state index contributed by atoms with van der Waals surface area (Å²) in [5.74, 6) is -0.159. The molecule has 0 aromatic carbocycles. The Balaban J connectivity index is 2.63. The van der Waals surface area contributed by atoms with E-state index < -0.39 is 0 Å². The molecule has 1 rings (SSSR count). The van der Waals surface area contributed by atoms with E-state index in [4.69, 9.17) is 4.74 Å². The number of carbonyl (C=O) groups is 1. The number of esters is 1. The first kappa shape index (κ1) is 13.2. The van der Waals surface area contributed by atoms with Gasteiger partial charge in [0, 0.05) is 10.9 Å². The monoisotopic (exact) mass is 241 g/mol. The molecule has 0 bridgehead atoms. The SMILES string of the molecule is CCOC(=O)C(C)N(C)C(C)c1cccs1. The van der Waals surface area contributed by atoms with Crippen LogP contribution in [0.25, 0.3) is 0 Å². The van der Waals surface area contributed by atoms with Gasteiger partial charge in [0.05, 0.1) is 6.61 Å². The number of nitrogens with zero attached hydrogens (tertiary/aromatic N) is 1. The number of carbonyl (C=O) groups excluding carboxylic acids is 1. The summed E-state index contributed by atoms with van der Waals surface area (Å²) in [6, 6.07) is 4.14. The highest BCUT2D eigenvalue weighted by atomic mass is 32.1. The Morgan fingerprint density at radius 3 is 2.75 bits per heavy atom. The van der Waals surface area contributed by atoms with E-state index in [0.29, 0.717) is 6.61 Å². The van der Waals surface area contributed by atoms with Gasteiger partial charge in [0.25, 0.3) is 0 Å². The summed E-state index contributed by atoms with van der Waals surface area (Å²) in [6.45, 7) is 6.24. The molecule has 2 unspecified atom stereocenters. The maximum absolute atomic E-state index is 11.6. The number of likely N-dealkylation sites (N-methyl/N-ethyl adjacent to an activating group) is 1. The van der Waals surface area contributed by atoms with Gasteiger partial charge in [-0.3, -0.25) is 9.69 Å². The van der Waals surface area contributed by atoms with Crippen LogP contribution in [0.2, 0.25) is 0 Å². The van der Waals surface area contributed by atoms with Gasteiger partial charge in [0.1, 0.15) is 6.04 Å². The molecule has 0 amide bonds. The molecule has 2 atom stereocenters. The van der Waals surface area contributed by atoms with E-state index >= 15 is 0 Å². The first-order valence-corrected chi connectivity index (χ1v) is 6.37. The molecular weight excluding hydrogens is 222 g/mol. The van der Waals surface area contributed by atoms with Gasteiger partial charge in [-0.2, -0.15) is 0 Å². The maximum Gasteiger partial charge on any atom is 0.323 e. The molecule has 0 aliphatic heterocycles. The molecule has 1 aromatic rings. The van der Waals surface area contributed by atoms with E-state index in [-0.39, 0.29) is 18.1 Å². The molecule has 0 N–H and O–H groups in total. The van der Waals surface area contributed by atoms with Gasteiger partial charge in [0.2, 0.25) is 0 Å². The van der Waals surface area contributed by atoms with E-state index in [1.165, 1.54) is 4.88 Å². The third-order valence-electron chi connectivity index (χ3n) is 2.80. The Morgan fingerprint density at radius 1 is 1.56 bits per heavy atom. The smallest absolute Gasteiger partial charge is 0.323 e. The second kappa shape index (κ2) is 6.01. The molecule has 1 heterocycles. The zero-order valence-electron chi connectivity index (χ0n) is 10.3. The van der Waals surface area contributed by atoms with E-state index in [1.54, 1.807) is 11.3 Å². The van der Waals surface area contributed by atoms with Crippen molar-refractivity contribution in [3.8, 4) is 0 Å². The van der Waals surface area contributed by atoms with Crippen LogP contribution >= 0.6 is 11.3 Å². The highest BCUT2D eigenvalue weighted by Crippen LogP contribution is 2.25. The topological polar surface area (TPSA) is 29.5 Å². The number of hydrogen-bond donors (Lipinski definition) is 0. The van der Waals surface area contributed by atoms with Crippen molar-refractivity contribution in [2.75, 3.05) is 13.7 Å². The summed E-state index contributed by atoms with van der Waals surface area (Å²) in [5, 5.41) is 2.05. The van der Waals surface area contributed by atoms with Crippen LogP contribution in [-0.4, -0.2) is 30.6 Å². The molecule has 90 valence electrons. The van der Waals surface area contributed by atoms with Crippen LogP contribution in [0.15, 0.2) is 17.5 Å². The van der Waals surface area contributed by atoms with Gasteiger partial charge >= 0.3 is 5.97 Å². The summed E-state index contributed by atoms with van der Waals surface area (Å²) in [4.78, 5) is 14.9.